The van der Waals surface area contributed by atoms with Crippen molar-refractivity contribution in [3.05, 3.63) is 40.6 Å². The molecule has 0 aliphatic rings. The molecule has 1 amide bonds. The van der Waals surface area contributed by atoms with Crippen LogP contribution in [0.2, 0.25) is 0 Å². The minimum Gasteiger partial charge on any atom is -0.444 e. The monoisotopic (exact) mass is 339 g/mol. The van der Waals surface area contributed by atoms with Crippen LogP contribution in [0.3, 0.4) is 0 Å². The molecule has 0 bridgehead atoms. The van der Waals surface area contributed by atoms with Crippen molar-refractivity contribution in [2.24, 2.45) is 0 Å². The van der Waals surface area contributed by atoms with Gasteiger partial charge in [-0.1, -0.05) is 12.1 Å². The molecule has 0 heterocycles. The first-order valence-electron chi connectivity index (χ1n) is 6.14. The first-order valence-corrected chi connectivity index (χ1v) is 6.93. The SMILES string of the molecule is CC(C)(C)OC(=O)Nc1ccc2cc(F)ccc2c1Br. The Morgan fingerprint density at radius 1 is 1.25 bits per heavy atom. The zero-order chi connectivity index (χ0) is 14.9. The molecule has 0 spiro atoms. The predicted octanol–water partition coefficient (Wildman–Crippen LogP) is 5.09. The predicted molar refractivity (Wildman–Crippen MR) is 81.5 cm³/mol. The van der Waals surface area contributed by atoms with Crippen LogP contribution in [0.5, 0.6) is 0 Å². The van der Waals surface area contributed by atoms with Gasteiger partial charge in [0.15, 0.2) is 0 Å². The number of carbonyl (C=O) groups excluding carboxylic acids is 1. The zero-order valence-corrected chi connectivity index (χ0v) is 13.0. The molecule has 0 radical (unpaired) electrons. The van der Waals surface area contributed by atoms with E-state index in [1.54, 1.807) is 39.0 Å². The van der Waals surface area contributed by atoms with Crippen LogP contribution >= 0.6 is 15.9 Å². The number of rotatable bonds is 1. The molecule has 0 aromatic heterocycles. The molecular formula is C15H15BrFNO2. The van der Waals surface area contributed by atoms with Crippen molar-refractivity contribution >= 4 is 38.5 Å². The third-order valence-electron chi connectivity index (χ3n) is 2.55. The van der Waals surface area contributed by atoms with Crippen molar-refractivity contribution in [2.45, 2.75) is 26.4 Å². The minimum atomic E-state index is -0.559. The van der Waals surface area contributed by atoms with Gasteiger partial charge in [0.05, 0.1) is 5.69 Å². The molecule has 106 valence electrons. The molecule has 0 saturated heterocycles. The fraction of sp³-hybridized carbons (Fsp3) is 0.267. The number of ether oxygens (including phenoxy) is 1. The van der Waals surface area contributed by atoms with E-state index >= 15 is 0 Å². The topological polar surface area (TPSA) is 38.3 Å². The van der Waals surface area contributed by atoms with Gasteiger partial charge in [0.1, 0.15) is 11.4 Å². The summed E-state index contributed by atoms with van der Waals surface area (Å²) in [5.74, 6) is -0.294. The van der Waals surface area contributed by atoms with Crippen molar-refractivity contribution in [1.82, 2.24) is 0 Å². The van der Waals surface area contributed by atoms with Crippen molar-refractivity contribution in [3.8, 4) is 0 Å². The van der Waals surface area contributed by atoms with E-state index in [4.69, 9.17) is 4.74 Å². The van der Waals surface area contributed by atoms with Crippen LogP contribution in [-0.4, -0.2) is 11.7 Å². The molecule has 0 saturated carbocycles. The van der Waals surface area contributed by atoms with E-state index < -0.39 is 11.7 Å². The van der Waals surface area contributed by atoms with Crippen LogP contribution < -0.4 is 5.32 Å². The van der Waals surface area contributed by atoms with Crippen molar-refractivity contribution in [1.29, 1.82) is 0 Å². The number of anilines is 1. The second-order valence-electron chi connectivity index (χ2n) is 5.42. The van der Waals surface area contributed by atoms with E-state index in [0.29, 0.717) is 10.2 Å². The third-order valence-corrected chi connectivity index (χ3v) is 3.41. The fourth-order valence-corrected chi connectivity index (χ4v) is 2.37. The Kier molecular flexibility index (Phi) is 3.99. The van der Waals surface area contributed by atoms with Crippen LogP contribution in [0.4, 0.5) is 14.9 Å². The van der Waals surface area contributed by atoms with Crippen LogP contribution in [0.25, 0.3) is 10.8 Å². The molecular weight excluding hydrogens is 325 g/mol. The van der Waals surface area contributed by atoms with Crippen LogP contribution in [0.15, 0.2) is 34.8 Å². The summed E-state index contributed by atoms with van der Waals surface area (Å²) in [6, 6.07) is 7.93. The molecule has 0 aliphatic heterocycles. The molecule has 20 heavy (non-hydrogen) atoms. The maximum absolute atomic E-state index is 13.2. The number of halogens is 2. The van der Waals surface area contributed by atoms with Crippen molar-refractivity contribution in [2.75, 3.05) is 5.32 Å². The molecule has 2 aromatic rings. The van der Waals surface area contributed by atoms with Gasteiger partial charge in [-0.3, -0.25) is 5.32 Å². The summed E-state index contributed by atoms with van der Waals surface area (Å²) >= 11 is 3.42. The van der Waals surface area contributed by atoms with Gasteiger partial charge < -0.3 is 4.74 Å². The Bertz CT molecular complexity index is 665. The molecule has 0 atom stereocenters. The Morgan fingerprint density at radius 3 is 2.60 bits per heavy atom. The van der Waals surface area contributed by atoms with E-state index in [9.17, 15) is 9.18 Å². The summed E-state index contributed by atoms with van der Waals surface area (Å²) in [5.41, 5.74) is 0.0228. The summed E-state index contributed by atoms with van der Waals surface area (Å²) in [7, 11) is 0. The standard InChI is InChI=1S/C15H15BrFNO2/c1-15(2,3)20-14(19)18-12-7-4-9-8-10(17)5-6-11(9)13(12)16/h4-8H,1-3H3,(H,18,19). The minimum absolute atomic E-state index is 0.294. The van der Waals surface area contributed by atoms with Crippen LogP contribution in [0.1, 0.15) is 20.8 Å². The highest BCUT2D eigenvalue weighted by Gasteiger charge is 2.17. The average molecular weight is 340 g/mol. The van der Waals surface area contributed by atoms with Gasteiger partial charge >= 0.3 is 6.09 Å². The van der Waals surface area contributed by atoms with E-state index in [-0.39, 0.29) is 5.82 Å². The number of nitrogens with one attached hydrogen (secondary N) is 1. The smallest absolute Gasteiger partial charge is 0.412 e. The number of fused-ring (bicyclic) bond motifs is 1. The quantitative estimate of drug-likeness (QED) is 0.785. The lowest BCUT2D eigenvalue weighted by atomic mass is 10.1. The van der Waals surface area contributed by atoms with E-state index in [2.05, 4.69) is 21.2 Å². The number of benzene rings is 2. The molecule has 0 aliphatic carbocycles. The normalized spacial score (nSPS) is 11.4. The van der Waals surface area contributed by atoms with E-state index in [1.807, 2.05) is 0 Å². The lowest BCUT2D eigenvalue weighted by Gasteiger charge is -2.20. The lowest BCUT2D eigenvalue weighted by molar-refractivity contribution is 0.0636. The summed E-state index contributed by atoms with van der Waals surface area (Å²) in [5, 5.41) is 4.25. The first-order chi connectivity index (χ1) is 9.26. The summed E-state index contributed by atoms with van der Waals surface area (Å²) < 4.78 is 19.1. The number of amides is 1. The van der Waals surface area contributed by atoms with Gasteiger partial charge in [-0.05, 0) is 65.7 Å². The number of hydrogen-bond acceptors (Lipinski definition) is 2. The van der Waals surface area contributed by atoms with Crippen LogP contribution in [-0.2, 0) is 4.74 Å². The molecule has 2 rings (SSSR count). The average Bonchev–Trinajstić information content (AvgIpc) is 2.30. The summed E-state index contributed by atoms with van der Waals surface area (Å²) in [6.07, 6.45) is -0.528. The second kappa shape index (κ2) is 5.40. The third kappa shape index (κ3) is 3.48. The molecule has 0 fully saturated rings. The van der Waals surface area contributed by atoms with Gasteiger partial charge in [0, 0.05) is 4.47 Å². The van der Waals surface area contributed by atoms with E-state index in [0.717, 1.165) is 10.8 Å². The maximum Gasteiger partial charge on any atom is 0.412 e. The van der Waals surface area contributed by atoms with Gasteiger partial charge in [-0.15, -0.1) is 0 Å². The molecule has 1 N–H and O–H groups in total. The highest BCUT2D eigenvalue weighted by molar-refractivity contribution is 9.10. The Balaban J connectivity index is 2.30. The Morgan fingerprint density at radius 2 is 1.95 bits per heavy atom. The summed E-state index contributed by atoms with van der Waals surface area (Å²) in [4.78, 5) is 11.8. The van der Waals surface area contributed by atoms with Crippen molar-refractivity contribution < 1.29 is 13.9 Å². The zero-order valence-electron chi connectivity index (χ0n) is 11.5. The highest BCUT2D eigenvalue weighted by Crippen LogP contribution is 2.32. The Labute approximate surface area is 125 Å². The fourth-order valence-electron chi connectivity index (χ4n) is 1.77. The van der Waals surface area contributed by atoms with Gasteiger partial charge in [-0.2, -0.15) is 0 Å². The van der Waals surface area contributed by atoms with Crippen molar-refractivity contribution in [3.63, 3.8) is 0 Å². The largest absolute Gasteiger partial charge is 0.444 e. The molecule has 0 unspecified atom stereocenters. The van der Waals surface area contributed by atoms with Gasteiger partial charge in [0.25, 0.3) is 0 Å². The second-order valence-corrected chi connectivity index (χ2v) is 6.21. The molecule has 2 aromatic carbocycles. The number of hydrogen-bond donors (Lipinski definition) is 1. The van der Waals surface area contributed by atoms with E-state index in [1.165, 1.54) is 12.1 Å². The van der Waals surface area contributed by atoms with Gasteiger partial charge in [0.2, 0.25) is 0 Å². The Hall–Kier alpha value is -1.62. The first kappa shape index (κ1) is 14.8. The molecule has 3 nitrogen and oxygen atoms in total. The van der Waals surface area contributed by atoms with Gasteiger partial charge in [-0.25, -0.2) is 9.18 Å². The summed E-state index contributed by atoms with van der Waals surface area (Å²) in [6.45, 7) is 5.39. The number of carbonyl (C=O) groups is 1. The highest BCUT2D eigenvalue weighted by atomic mass is 79.9. The maximum atomic E-state index is 13.2. The lowest BCUT2D eigenvalue weighted by Crippen LogP contribution is -2.27. The van der Waals surface area contributed by atoms with Crippen LogP contribution in [0, 0.1) is 5.82 Å². The molecule has 5 heteroatoms.